The average Bonchev–Trinajstić information content (AvgIpc) is 3.30. The van der Waals surface area contributed by atoms with Crippen molar-refractivity contribution >= 4 is 32.1 Å². The molecule has 1 amide bonds. The number of rotatable bonds is 6. The van der Waals surface area contributed by atoms with Crippen LogP contribution in [0.4, 0.5) is 17.6 Å². The van der Waals surface area contributed by atoms with E-state index in [0.717, 1.165) is 0 Å². The second-order valence-corrected chi connectivity index (χ2v) is 11.5. The van der Waals surface area contributed by atoms with E-state index in [1.807, 2.05) is 0 Å². The standard InChI is InChI=1S/C18H17F4NO10S2/c1-4(2)23-11-12-5(17(23)24)6(13(31-12)15(11)33-34(3,26)27)18(25)32-14-7(19)9(21)16(35(28,29)30)10(22)8(14)20/h4-6,11-13,15H,1-3H3,(H,28,29,30). The van der Waals surface area contributed by atoms with Crippen molar-refractivity contribution in [3.63, 3.8) is 0 Å². The van der Waals surface area contributed by atoms with Crippen LogP contribution in [0.2, 0.25) is 0 Å². The fourth-order valence-electron chi connectivity index (χ4n) is 4.91. The highest BCUT2D eigenvalue weighted by atomic mass is 32.2. The zero-order chi connectivity index (χ0) is 26.4. The number of hydrogen-bond donors (Lipinski definition) is 1. The van der Waals surface area contributed by atoms with E-state index in [4.69, 9.17) is 13.5 Å². The molecule has 0 saturated carbocycles. The summed E-state index contributed by atoms with van der Waals surface area (Å²) in [6.45, 7) is 3.21. The number of esters is 1. The molecular formula is C18H17F4NO10S2. The third-order valence-electron chi connectivity index (χ3n) is 6.02. The minimum absolute atomic E-state index is 0.492. The van der Waals surface area contributed by atoms with Gasteiger partial charge in [0.2, 0.25) is 23.3 Å². The minimum atomic E-state index is -5.74. The maximum atomic E-state index is 14.4. The van der Waals surface area contributed by atoms with Crippen LogP contribution in [0.25, 0.3) is 0 Å². The molecule has 0 aliphatic carbocycles. The number of hydrogen-bond acceptors (Lipinski definition) is 9. The summed E-state index contributed by atoms with van der Waals surface area (Å²) >= 11 is 0. The van der Waals surface area contributed by atoms with Gasteiger partial charge in [-0.3, -0.25) is 18.3 Å². The number of nitrogens with zero attached hydrogens (tertiary/aromatic N) is 1. The van der Waals surface area contributed by atoms with Crippen molar-refractivity contribution in [2.75, 3.05) is 6.26 Å². The minimum Gasteiger partial charge on any atom is -0.420 e. The molecule has 3 heterocycles. The van der Waals surface area contributed by atoms with E-state index in [2.05, 4.69) is 4.74 Å². The van der Waals surface area contributed by atoms with Gasteiger partial charge in [0.05, 0.1) is 24.3 Å². The first kappa shape index (κ1) is 25.7. The zero-order valence-electron chi connectivity index (χ0n) is 17.9. The molecule has 6 unspecified atom stereocenters. The lowest BCUT2D eigenvalue weighted by molar-refractivity contribution is -0.146. The Hall–Kier alpha value is -2.34. The van der Waals surface area contributed by atoms with Gasteiger partial charge in [-0.2, -0.15) is 25.6 Å². The first-order chi connectivity index (χ1) is 16.0. The molecule has 3 saturated heterocycles. The molecule has 17 heteroatoms. The van der Waals surface area contributed by atoms with Gasteiger partial charge in [-0.05, 0) is 13.8 Å². The van der Waals surface area contributed by atoms with Crippen molar-refractivity contribution < 1.29 is 62.2 Å². The number of benzene rings is 1. The molecule has 0 spiro atoms. The fourth-order valence-corrected chi connectivity index (χ4v) is 6.17. The maximum Gasteiger partial charge on any atom is 0.318 e. The highest BCUT2D eigenvalue weighted by Crippen LogP contribution is 2.53. The van der Waals surface area contributed by atoms with Crippen LogP contribution in [0, 0.1) is 35.1 Å². The first-order valence-electron chi connectivity index (χ1n) is 9.88. The van der Waals surface area contributed by atoms with Crippen molar-refractivity contribution in [2.24, 2.45) is 11.8 Å². The van der Waals surface area contributed by atoms with Crippen LogP contribution in [0.3, 0.4) is 0 Å². The molecule has 3 aliphatic rings. The molecule has 35 heavy (non-hydrogen) atoms. The largest absolute Gasteiger partial charge is 0.420 e. The van der Waals surface area contributed by atoms with Crippen molar-refractivity contribution in [3.8, 4) is 5.75 Å². The Morgan fingerprint density at radius 3 is 2.03 bits per heavy atom. The third kappa shape index (κ3) is 3.89. The SMILES string of the molecule is CC(C)N1C(=O)C2C3OC(C(OS(C)(=O)=O)C31)C2C(=O)Oc1c(F)c(F)c(S(=O)(=O)O)c(F)c1F. The predicted octanol–water partition coefficient (Wildman–Crippen LogP) is 0.373. The summed E-state index contributed by atoms with van der Waals surface area (Å²) in [4.78, 5) is 24.8. The molecule has 4 rings (SSSR count). The van der Waals surface area contributed by atoms with Crippen LogP contribution >= 0.6 is 0 Å². The van der Waals surface area contributed by atoms with Crippen molar-refractivity contribution in [1.82, 2.24) is 4.90 Å². The molecule has 3 fully saturated rings. The number of carbonyl (C=O) groups is 2. The summed E-state index contributed by atoms with van der Waals surface area (Å²) in [6, 6.07) is -1.40. The normalized spacial score (nSPS) is 30.0. The lowest BCUT2D eigenvalue weighted by atomic mass is 9.78. The molecule has 1 N–H and O–H groups in total. The predicted molar refractivity (Wildman–Crippen MR) is 103 cm³/mol. The summed E-state index contributed by atoms with van der Waals surface area (Å²) in [5.41, 5.74) is 0. The summed E-state index contributed by atoms with van der Waals surface area (Å²) in [7, 11) is -9.89. The van der Waals surface area contributed by atoms with Gasteiger partial charge in [0.25, 0.3) is 10.1 Å². The van der Waals surface area contributed by atoms with Gasteiger partial charge in [-0.1, -0.05) is 0 Å². The second-order valence-electron chi connectivity index (χ2n) is 8.52. The van der Waals surface area contributed by atoms with Crippen LogP contribution < -0.4 is 4.74 Å². The Labute approximate surface area is 195 Å². The number of likely N-dealkylation sites (tertiary alicyclic amines) is 1. The topological polar surface area (TPSA) is 154 Å². The molecule has 194 valence electrons. The van der Waals surface area contributed by atoms with Crippen LogP contribution in [-0.2, 0) is 38.7 Å². The van der Waals surface area contributed by atoms with Gasteiger partial charge in [0.1, 0.15) is 18.1 Å². The Morgan fingerprint density at radius 2 is 1.57 bits per heavy atom. The van der Waals surface area contributed by atoms with Gasteiger partial charge < -0.3 is 14.4 Å². The Bertz CT molecular complexity index is 1320. The van der Waals surface area contributed by atoms with E-state index in [1.54, 1.807) is 13.8 Å². The van der Waals surface area contributed by atoms with Crippen LogP contribution in [0.5, 0.6) is 5.75 Å². The molecule has 3 aliphatic heterocycles. The van der Waals surface area contributed by atoms with E-state index in [1.165, 1.54) is 4.90 Å². The summed E-state index contributed by atoms with van der Waals surface area (Å²) < 4.78 is 127. The van der Waals surface area contributed by atoms with Crippen molar-refractivity contribution in [1.29, 1.82) is 0 Å². The molecule has 2 bridgehead atoms. The smallest absolute Gasteiger partial charge is 0.318 e. The van der Waals surface area contributed by atoms with Gasteiger partial charge in [0.15, 0.2) is 16.5 Å². The van der Waals surface area contributed by atoms with E-state index < -0.39 is 108 Å². The van der Waals surface area contributed by atoms with Gasteiger partial charge >= 0.3 is 16.1 Å². The monoisotopic (exact) mass is 547 g/mol. The van der Waals surface area contributed by atoms with Gasteiger partial charge in [0, 0.05) is 6.04 Å². The maximum absolute atomic E-state index is 14.4. The Morgan fingerprint density at radius 1 is 1.03 bits per heavy atom. The second kappa shape index (κ2) is 8.09. The first-order valence-corrected chi connectivity index (χ1v) is 13.1. The van der Waals surface area contributed by atoms with Crippen molar-refractivity contribution in [3.05, 3.63) is 23.3 Å². The molecular weight excluding hydrogens is 530 g/mol. The Balaban J connectivity index is 1.74. The quantitative estimate of drug-likeness (QED) is 0.132. The lowest BCUT2D eigenvalue weighted by Crippen LogP contribution is -2.51. The van der Waals surface area contributed by atoms with E-state index in [-0.39, 0.29) is 0 Å². The van der Waals surface area contributed by atoms with Crippen LogP contribution in [-0.4, -0.2) is 74.8 Å². The number of fused-ring (bicyclic) bond motifs is 1. The summed E-state index contributed by atoms with van der Waals surface area (Å²) in [5, 5.41) is 0. The summed E-state index contributed by atoms with van der Waals surface area (Å²) in [6.07, 6.45) is -3.18. The third-order valence-corrected chi connectivity index (χ3v) is 7.47. The number of amides is 1. The molecule has 0 radical (unpaired) electrons. The van der Waals surface area contributed by atoms with Gasteiger partial charge in [-0.15, -0.1) is 0 Å². The van der Waals surface area contributed by atoms with Crippen LogP contribution in [0.1, 0.15) is 13.8 Å². The zero-order valence-corrected chi connectivity index (χ0v) is 19.6. The van der Waals surface area contributed by atoms with E-state index in [9.17, 15) is 44.0 Å². The molecule has 1 aromatic rings. The van der Waals surface area contributed by atoms with E-state index in [0.29, 0.717) is 6.26 Å². The molecule has 11 nitrogen and oxygen atoms in total. The number of carbonyl (C=O) groups excluding carboxylic acids is 2. The number of ether oxygens (including phenoxy) is 2. The molecule has 1 aromatic carbocycles. The fraction of sp³-hybridized carbons (Fsp3) is 0.556. The highest BCUT2D eigenvalue weighted by Gasteiger charge is 2.73. The van der Waals surface area contributed by atoms with Gasteiger partial charge in [-0.25, -0.2) is 8.78 Å². The summed E-state index contributed by atoms with van der Waals surface area (Å²) in [5.74, 6) is -17.2. The number of halogens is 4. The lowest BCUT2D eigenvalue weighted by Gasteiger charge is -2.32. The van der Waals surface area contributed by atoms with Crippen molar-refractivity contribution in [2.45, 2.75) is 49.1 Å². The van der Waals surface area contributed by atoms with E-state index >= 15 is 0 Å². The van der Waals surface area contributed by atoms with Crippen LogP contribution in [0.15, 0.2) is 4.90 Å². The highest BCUT2D eigenvalue weighted by molar-refractivity contribution is 7.86. The average molecular weight is 547 g/mol. The molecule has 0 aromatic heterocycles. The molecule has 6 atom stereocenters. The Kier molecular flexibility index (Phi) is 5.95.